The van der Waals surface area contributed by atoms with Crippen LogP contribution in [-0.4, -0.2) is 23.7 Å². The van der Waals surface area contributed by atoms with Gasteiger partial charge in [-0.3, -0.25) is 19.8 Å². The molecule has 0 atom stereocenters. The zero-order chi connectivity index (χ0) is 10.1. The molecule has 1 radical (unpaired) electrons. The first kappa shape index (κ1) is 11.6. The van der Waals surface area contributed by atoms with Crippen LogP contribution in [0.2, 0.25) is 0 Å². The SMILES string of the molecule is CCCCCC(=O)NN([C]=O)C=O. The lowest BCUT2D eigenvalue weighted by Crippen LogP contribution is -2.40. The second-order valence-corrected chi connectivity index (χ2v) is 2.56. The Bertz CT molecular complexity index is 174. The van der Waals surface area contributed by atoms with Crippen molar-refractivity contribution in [3.05, 3.63) is 0 Å². The smallest absolute Gasteiger partial charge is 0.276 e. The third-order valence-electron chi connectivity index (χ3n) is 1.46. The molecule has 0 aliphatic carbocycles. The van der Waals surface area contributed by atoms with E-state index in [4.69, 9.17) is 0 Å². The van der Waals surface area contributed by atoms with Crippen LogP contribution in [0.25, 0.3) is 0 Å². The Hall–Kier alpha value is -1.39. The number of hydrogen-bond donors (Lipinski definition) is 1. The molecule has 73 valence electrons. The lowest BCUT2D eigenvalue weighted by molar-refractivity contribution is -0.129. The van der Waals surface area contributed by atoms with Gasteiger partial charge in [0.25, 0.3) is 0 Å². The highest BCUT2D eigenvalue weighted by Gasteiger charge is 2.05. The van der Waals surface area contributed by atoms with Gasteiger partial charge in [0.05, 0.1) is 0 Å². The molecule has 0 heterocycles. The van der Waals surface area contributed by atoms with Crippen molar-refractivity contribution in [3.8, 4) is 0 Å². The van der Waals surface area contributed by atoms with Crippen LogP contribution in [-0.2, 0) is 14.4 Å². The number of nitrogens with zero attached hydrogens (tertiary/aromatic N) is 1. The van der Waals surface area contributed by atoms with Gasteiger partial charge in [-0.1, -0.05) is 19.8 Å². The Labute approximate surface area is 77.1 Å². The van der Waals surface area contributed by atoms with Gasteiger partial charge in [0.2, 0.25) is 12.3 Å². The molecular formula is C8H13N2O3. The van der Waals surface area contributed by atoms with E-state index in [0.717, 1.165) is 19.3 Å². The molecule has 5 heteroatoms. The van der Waals surface area contributed by atoms with Gasteiger partial charge in [-0.25, -0.2) is 0 Å². The molecule has 0 saturated carbocycles. The van der Waals surface area contributed by atoms with Gasteiger partial charge in [0, 0.05) is 6.42 Å². The first-order valence-electron chi connectivity index (χ1n) is 4.16. The molecule has 1 N–H and O–H groups in total. The van der Waals surface area contributed by atoms with Gasteiger partial charge in [-0.2, -0.15) is 5.01 Å². The fourth-order valence-corrected chi connectivity index (χ4v) is 0.796. The molecule has 5 nitrogen and oxygen atoms in total. The minimum Gasteiger partial charge on any atom is -0.276 e. The first-order valence-corrected chi connectivity index (χ1v) is 4.16. The van der Waals surface area contributed by atoms with E-state index in [9.17, 15) is 14.4 Å². The third-order valence-corrected chi connectivity index (χ3v) is 1.46. The van der Waals surface area contributed by atoms with Gasteiger partial charge in [0.15, 0.2) is 0 Å². The number of carbonyl (C=O) groups is 2. The van der Waals surface area contributed by atoms with Crippen molar-refractivity contribution in [1.82, 2.24) is 10.4 Å². The monoisotopic (exact) mass is 185 g/mol. The minimum atomic E-state index is -0.344. The van der Waals surface area contributed by atoms with Gasteiger partial charge in [-0.05, 0) is 6.42 Å². The molecule has 3 amide bonds. The zero-order valence-electron chi connectivity index (χ0n) is 7.58. The number of nitrogens with one attached hydrogen (secondary N) is 1. The molecule has 13 heavy (non-hydrogen) atoms. The van der Waals surface area contributed by atoms with Crippen molar-refractivity contribution in [2.45, 2.75) is 32.6 Å². The van der Waals surface area contributed by atoms with Crippen LogP contribution in [0.15, 0.2) is 0 Å². The lowest BCUT2D eigenvalue weighted by atomic mass is 10.2. The Morgan fingerprint density at radius 2 is 2.23 bits per heavy atom. The summed E-state index contributed by atoms with van der Waals surface area (Å²) in [4.78, 5) is 31.0. The maximum atomic E-state index is 11.0. The quantitative estimate of drug-likeness (QED) is 0.265. The number of unbranched alkanes of at least 4 members (excludes halogenated alkanes) is 2. The average Bonchev–Trinajstić information content (AvgIpc) is 2.14. The molecular weight excluding hydrogens is 172 g/mol. The molecule has 0 bridgehead atoms. The van der Waals surface area contributed by atoms with Crippen molar-refractivity contribution in [3.63, 3.8) is 0 Å². The van der Waals surface area contributed by atoms with Crippen molar-refractivity contribution in [2.75, 3.05) is 0 Å². The summed E-state index contributed by atoms with van der Waals surface area (Å²) in [5.74, 6) is -0.344. The molecule has 0 saturated heterocycles. The predicted octanol–water partition coefficient (Wildman–Crippen LogP) is 0.123. The lowest BCUT2D eigenvalue weighted by Gasteiger charge is -2.08. The largest absolute Gasteiger partial charge is 0.339 e. The van der Waals surface area contributed by atoms with Crippen LogP contribution in [0.5, 0.6) is 0 Å². The van der Waals surface area contributed by atoms with Gasteiger partial charge in [0.1, 0.15) is 0 Å². The fourth-order valence-electron chi connectivity index (χ4n) is 0.796. The standard InChI is InChI=1S/C8H13N2O3/c1-2-3-4-5-8(13)9-10(6-11)7-12/h6H,2-5H2,1H3,(H,9,13). The van der Waals surface area contributed by atoms with Crippen LogP contribution < -0.4 is 5.43 Å². The molecule has 0 unspecified atom stereocenters. The maximum Gasteiger partial charge on any atom is 0.339 e. The number of carbonyl (C=O) groups excluding carboxylic acids is 3. The number of hydrogen-bond acceptors (Lipinski definition) is 3. The molecule has 0 aromatic heterocycles. The van der Waals surface area contributed by atoms with Crippen LogP contribution in [0.1, 0.15) is 32.6 Å². The molecule has 0 fully saturated rings. The fraction of sp³-hybridized carbons (Fsp3) is 0.625. The number of rotatable bonds is 7. The van der Waals surface area contributed by atoms with Gasteiger partial charge < -0.3 is 0 Å². The molecule has 0 aromatic carbocycles. The van der Waals surface area contributed by atoms with E-state index in [0.29, 0.717) is 11.4 Å². The summed E-state index contributed by atoms with van der Waals surface area (Å²) in [6.07, 6.45) is 4.51. The second-order valence-electron chi connectivity index (χ2n) is 2.56. The Morgan fingerprint density at radius 1 is 1.54 bits per heavy atom. The topological polar surface area (TPSA) is 66.5 Å². The maximum absolute atomic E-state index is 11.0. The van der Waals surface area contributed by atoms with E-state index in [-0.39, 0.29) is 12.3 Å². The van der Waals surface area contributed by atoms with Crippen molar-refractivity contribution < 1.29 is 14.4 Å². The first-order chi connectivity index (χ1) is 6.24. The van der Waals surface area contributed by atoms with E-state index in [1.807, 2.05) is 6.92 Å². The highest BCUT2D eigenvalue weighted by molar-refractivity contribution is 5.80. The average molecular weight is 185 g/mol. The highest BCUT2D eigenvalue weighted by Crippen LogP contribution is 1.97. The van der Waals surface area contributed by atoms with E-state index in [1.54, 1.807) is 0 Å². The molecule has 0 aliphatic heterocycles. The number of imide groups is 1. The van der Waals surface area contributed by atoms with Crippen LogP contribution in [0.4, 0.5) is 0 Å². The molecule has 0 spiro atoms. The summed E-state index contributed by atoms with van der Waals surface area (Å²) >= 11 is 0. The van der Waals surface area contributed by atoms with Crippen LogP contribution >= 0.6 is 0 Å². The van der Waals surface area contributed by atoms with E-state index in [1.165, 1.54) is 6.41 Å². The van der Waals surface area contributed by atoms with Crippen molar-refractivity contribution >= 4 is 18.7 Å². The van der Waals surface area contributed by atoms with Crippen molar-refractivity contribution in [1.29, 1.82) is 0 Å². The van der Waals surface area contributed by atoms with E-state index in [2.05, 4.69) is 5.43 Å². The second kappa shape index (κ2) is 7.27. The summed E-state index contributed by atoms with van der Waals surface area (Å²) in [7, 11) is 0. The predicted molar refractivity (Wildman–Crippen MR) is 45.9 cm³/mol. The van der Waals surface area contributed by atoms with Gasteiger partial charge >= 0.3 is 6.41 Å². The highest BCUT2D eigenvalue weighted by atomic mass is 16.2. The Kier molecular flexibility index (Phi) is 6.49. The van der Waals surface area contributed by atoms with E-state index >= 15 is 0 Å². The summed E-state index contributed by atoms with van der Waals surface area (Å²) in [6.45, 7) is 2.02. The summed E-state index contributed by atoms with van der Waals surface area (Å²) in [6, 6.07) is 0. The Morgan fingerprint density at radius 3 is 2.69 bits per heavy atom. The summed E-state index contributed by atoms with van der Waals surface area (Å²) < 4.78 is 0. The third kappa shape index (κ3) is 5.84. The minimum absolute atomic E-state index is 0.199. The number of amides is 3. The molecule has 0 rings (SSSR count). The zero-order valence-corrected chi connectivity index (χ0v) is 7.58. The van der Waals surface area contributed by atoms with E-state index < -0.39 is 0 Å². The Balaban J connectivity index is 3.60. The molecule has 0 aliphatic rings. The molecule has 0 aromatic rings. The summed E-state index contributed by atoms with van der Waals surface area (Å²) in [5, 5.41) is 0.439. The normalized spacial score (nSPS) is 9.00. The van der Waals surface area contributed by atoms with Crippen molar-refractivity contribution in [2.24, 2.45) is 0 Å². The number of hydrazine groups is 1. The van der Waals surface area contributed by atoms with Crippen LogP contribution in [0.3, 0.4) is 0 Å². The summed E-state index contributed by atoms with van der Waals surface area (Å²) in [5.41, 5.74) is 2.08. The van der Waals surface area contributed by atoms with Gasteiger partial charge in [-0.15, -0.1) is 0 Å². The van der Waals surface area contributed by atoms with Crippen LogP contribution in [0, 0.1) is 0 Å².